The lowest BCUT2D eigenvalue weighted by Crippen LogP contribution is -2.16. The quantitative estimate of drug-likeness (QED) is 0.940. The Morgan fingerprint density at radius 1 is 1.29 bits per heavy atom. The molecule has 0 atom stereocenters. The average molecular weight is 286 g/mol. The lowest BCUT2D eigenvalue weighted by Gasteiger charge is -2.18. The molecular weight excluding hydrogens is 260 g/mol. The van der Waals surface area contributed by atoms with Crippen LogP contribution in [0, 0.1) is 6.92 Å². The predicted molar refractivity (Wildman–Crippen MR) is 88.7 cm³/mol. The summed E-state index contributed by atoms with van der Waals surface area (Å²) in [5.74, 6) is 0. The Morgan fingerprint density at radius 3 is 2.81 bits per heavy atom. The van der Waals surface area contributed by atoms with E-state index in [0.717, 1.165) is 49.1 Å². The van der Waals surface area contributed by atoms with Crippen molar-refractivity contribution in [1.82, 2.24) is 14.5 Å². The summed E-state index contributed by atoms with van der Waals surface area (Å²) in [6, 6.07) is 2.21. The van der Waals surface area contributed by atoms with E-state index in [-0.39, 0.29) is 0 Å². The molecule has 0 bridgehead atoms. The van der Waals surface area contributed by atoms with Gasteiger partial charge in [-0.2, -0.15) is 0 Å². The molecule has 2 heterocycles. The fourth-order valence-electron chi connectivity index (χ4n) is 3.40. The minimum atomic E-state index is 0.976. The molecule has 0 amide bonds. The number of nitrogen functional groups attached to an aromatic ring is 1. The van der Waals surface area contributed by atoms with Gasteiger partial charge >= 0.3 is 0 Å². The molecule has 0 saturated carbocycles. The fourth-order valence-corrected chi connectivity index (χ4v) is 3.40. The Balaban J connectivity index is 2.01. The molecule has 21 heavy (non-hydrogen) atoms. The summed E-state index contributed by atoms with van der Waals surface area (Å²) in [6.45, 7) is 4.27. The van der Waals surface area contributed by atoms with Gasteiger partial charge in [0.1, 0.15) is 5.65 Å². The number of hydrogen-bond donors (Lipinski definition) is 1. The maximum Gasteiger partial charge on any atom is 0.142 e. The molecule has 2 N–H and O–H groups in total. The molecule has 0 unspecified atom stereocenters. The van der Waals surface area contributed by atoms with Gasteiger partial charge in [-0.25, -0.2) is 4.98 Å². The first-order valence-corrected chi connectivity index (χ1v) is 7.99. The van der Waals surface area contributed by atoms with Crippen molar-refractivity contribution in [3.05, 3.63) is 23.0 Å². The minimum Gasteiger partial charge on any atom is -0.398 e. The third-order valence-electron chi connectivity index (χ3n) is 4.56. The molecule has 0 fully saturated rings. The van der Waals surface area contributed by atoms with Crippen LogP contribution in [-0.2, 0) is 19.4 Å². The van der Waals surface area contributed by atoms with Crippen LogP contribution in [0.2, 0.25) is 0 Å². The highest BCUT2D eigenvalue weighted by Crippen LogP contribution is 2.32. The molecule has 0 aromatic carbocycles. The summed E-state index contributed by atoms with van der Waals surface area (Å²) < 4.78 is 2.34. The Bertz CT molecular complexity index is 655. The van der Waals surface area contributed by atoms with Crippen LogP contribution in [0.25, 0.3) is 11.0 Å². The zero-order valence-electron chi connectivity index (χ0n) is 13.4. The van der Waals surface area contributed by atoms with Gasteiger partial charge in [-0.05, 0) is 71.3 Å². The number of fused-ring (bicyclic) bond motifs is 2. The minimum absolute atomic E-state index is 0.976. The van der Waals surface area contributed by atoms with Crippen LogP contribution in [0.3, 0.4) is 0 Å². The molecule has 0 radical (unpaired) electrons. The van der Waals surface area contributed by atoms with Crippen LogP contribution in [-0.4, -0.2) is 35.1 Å². The topological polar surface area (TPSA) is 47.1 Å². The first-order chi connectivity index (χ1) is 10.1. The van der Waals surface area contributed by atoms with Crippen LogP contribution in [0.4, 0.5) is 5.69 Å². The number of nitrogens with two attached hydrogens (primary N) is 1. The van der Waals surface area contributed by atoms with Crippen LogP contribution in [0.1, 0.15) is 36.2 Å². The van der Waals surface area contributed by atoms with Crippen molar-refractivity contribution in [2.24, 2.45) is 0 Å². The van der Waals surface area contributed by atoms with E-state index >= 15 is 0 Å². The van der Waals surface area contributed by atoms with Gasteiger partial charge in [0, 0.05) is 29.0 Å². The Morgan fingerprint density at radius 2 is 2.05 bits per heavy atom. The van der Waals surface area contributed by atoms with Crippen molar-refractivity contribution in [3.8, 4) is 0 Å². The van der Waals surface area contributed by atoms with Gasteiger partial charge in [-0.1, -0.05) is 0 Å². The highest BCUT2D eigenvalue weighted by atomic mass is 15.1. The number of anilines is 1. The summed E-state index contributed by atoms with van der Waals surface area (Å²) in [6.07, 6.45) is 5.79. The zero-order valence-corrected chi connectivity index (χ0v) is 13.4. The average Bonchev–Trinajstić information content (AvgIpc) is 2.76. The monoisotopic (exact) mass is 286 g/mol. The molecular formula is C17H26N4. The Hall–Kier alpha value is -1.55. The van der Waals surface area contributed by atoms with E-state index in [4.69, 9.17) is 10.7 Å². The van der Waals surface area contributed by atoms with Crippen LogP contribution in [0.5, 0.6) is 0 Å². The zero-order chi connectivity index (χ0) is 15.0. The van der Waals surface area contributed by atoms with E-state index in [1.807, 2.05) is 0 Å². The number of rotatable bonds is 4. The molecule has 1 aliphatic rings. The van der Waals surface area contributed by atoms with Crippen molar-refractivity contribution in [1.29, 1.82) is 0 Å². The maximum absolute atomic E-state index is 6.44. The fraction of sp³-hybridized carbons (Fsp3) is 0.588. The van der Waals surface area contributed by atoms with Crippen molar-refractivity contribution >= 4 is 16.7 Å². The van der Waals surface area contributed by atoms with Crippen molar-refractivity contribution in [2.75, 3.05) is 26.4 Å². The normalized spacial score (nSPS) is 14.9. The van der Waals surface area contributed by atoms with Gasteiger partial charge in [0.15, 0.2) is 0 Å². The van der Waals surface area contributed by atoms with Crippen molar-refractivity contribution < 1.29 is 0 Å². The molecule has 0 spiro atoms. The second-order valence-corrected chi connectivity index (χ2v) is 6.49. The van der Waals surface area contributed by atoms with Crippen molar-refractivity contribution in [3.63, 3.8) is 0 Å². The summed E-state index contributed by atoms with van der Waals surface area (Å²) in [4.78, 5) is 7.19. The molecule has 1 aliphatic carbocycles. The molecule has 2 aromatic rings. The number of pyridine rings is 1. The van der Waals surface area contributed by atoms with Crippen LogP contribution < -0.4 is 5.73 Å². The van der Waals surface area contributed by atoms with Gasteiger partial charge in [0.2, 0.25) is 0 Å². The van der Waals surface area contributed by atoms with Crippen LogP contribution >= 0.6 is 0 Å². The highest BCUT2D eigenvalue weighted by Gasteiger charge is 2.19. The molecule has 3 rings (SSSR count). The smallest absolute Gasteiger partial charge is 0.142 e. The second kappa shape index (κ2) is 5.68. The largest absolute Gasteiger partial charge is 0.398 e. The standard InChI is InChI=1S/C17H26N4/c1-12-11-14-16(18)13-7-4-5-8-15(13)19-17(14)21(12)10-6-9-20(2)3/h11H,4-10H2,1-3H3,(H2,18,19). The SMILES string of the molecule is Cc1cc2c(N)c3c(nc2n1CCCN(C)C)CCCC3. The molecule has 4 heteroatoms. The summed E-state index contributed by atoms with van der Waals surface area (Å²) in [5.41, 5.74) is 12.3. The lowest BCUT2D eigenvalue weighted by atomic mass is 9.94. The van der Waals surface area contributed by atoms with E-state index < -0.39 is 0 Å². The second-order valence-electron chi connectivity index (χ2n) is 6.49. The van der Waals surface area contributed by atoms with Gasteiger partial charge in [0.25, 0.3) is 0 Å². The first-order valence-electron chi connectivity index (χ1n) is 7.99. The number of aromatic nitrogens is 2. The van der Waals surface area contributed by atoms with Gasteiger partial charge in [0.05, 0.1) is 0 Å². The molecule has 0 saturated heterocycles. The summed E-state index contributed by atoms with van der Waals surface area (Å²) in [7, 11) is 4.24. The highest BCUT2D eigenvalue weighted by molar-refractivity contribution is 5.91. The lowest BCUT2D eigenvalue weighted by molar-refractivity contribution is 0.387. The molecule has 0 aliphatic heterocycles. The van der Waals surface area contributed by atoms with Crippen LogP contribution in [0.15, 0.2) is 6.07 Å². The van der Waals surface area contributed by atoms with Crippen molar-refractivity contribution in [2.45, 2.75) is 45.6 Å². The number of aryl methyl sites for hydroxylation is 3. The Kier molecular flexibility index (Phi) is 3.89. The van der Waals surface area contributed by atoms with E-state index in [1.54, 1.807) is 0 Å². The summed E-state index contributed by atoms with van der Waals surface area (Å²) in [5, 5.41) is 1.15. The molecule has 4 nitrogen and oxygen atoms in total. The van der Waals surface area contributed by atoms with Gasteiger partial charge < -0.3 is 15.2 Å². The van der Waals surface area contributed by atoms with E-state index in [2.05, 4.69) is 36.6 Å². The van der Waals surface area contributed by atoms with E-state index in [1.165, 1.54) is 29.8 Å². The number of nitrogens with zero attached hydrogens (tertiary/aromatic N) is 3. The summed E-state index contributed by atoms with van der Waals surface area (Å²) >= 11 is 0. The predicted octanol–water partition coefficient (Wildman–Crippen LogP) is 2.76. The first kappa shape index (κ1) is 14.4. The third-order valence-corrected chi connectivity index (χ3v) is 4.56. The third kappa shape index (κ3) is 2.64. The van der Waals surface area contributed by atoms with Gasteiger partial charge in [-0.3, -0.25) is 0 Å². The molecule has 2 aromatic heterocycles. The number of hydrogen-bond acceptors (Lipinski definition) is 3. The molecule has 114 valence electrons. The maximum atomic E-state index is 6.44. The van der Waals surface area contributed by atoms with E-state index in [9.17, 15) is 0 Å². The van der Waals surface area contributed by atoms with Gasteiger partial charge in [-0.15, -0.1) is 0 Å². The Labute approximate surface area is 126 Å². The van der Waals surface area contributed by atoms with E-state index in [0.29, 0.717) is 0 Å².